The van der Waals surface area contributed by atoms with Gasteiger partial charge >= 0.3 is 0 Å². The van der Waals surface area contributed by atoms with Crippen molar-refractivity contribution < 1.29 is 5.11 Å². The molecule has 20 heavy (non-hydrogen) atoms. The van der Waals surface area contributed by atoms with Gasteiger partial charge in [0.25, 0.3) is 0 Å². The molecule has 0 radical (unpaired) electrons. The fraction of sp³-hybridized carbons (Fsp3) is 0.647. The third kappa shape index (κ3) is 3.50. The maximum absolute atomic E-state index is 11.0. The normalized spacial score (nSPS) is 28.2. The molecule has 3 heteroatoms. The third-order valence-electron chi connectivity index (χ3n) is 4.73. The lowest BCUT2D eigenvalue weighted by atomic mass is 9.76. The lowest BCUT2D eigenvalue weighted by molar-refractivity contribution is 0.0180. The maximum atomic E-state index is 11.0. The maximum Gasteiger partial charge on any atom is 0.0897 e. The van der Waals surface area contributed by atoms with Gasteiger partial charge in [0, 0.05) is 0 Å². The molecule has 0 heterocycles. The molecule has 1 aromatic carbocycles. The van der Waals surface area contributed by atoms with Crippen LogP contribution in [-0.4, -0.2) is 5.11 Å². The molecule has 1 fully saturated rings. The average Bonchev–Trinajstić information content (AvgIpc) is 2.55. The summed E-state index contributed by atoms with van der Waals surface area (Å²) in [6.45, 7) is 6.88. The minimum Gasteiger partial charge on any atom is -0.385 e. The van der Waals surface area contributed by atoms with Crippen LogP contribution >= 0.6 is 23.2 Å². The van der Waals surface area contributed by atoms with Crippen LogP contribution in [0.4, 0.5) is 0 Å². The molecule has 1 nitrogen and oxygen atoms in total. The summed E-state index contributed by atoms with van der Waals surface area (Å²) in [5.74, 6) is 0.666. The molecule has 0 aromatic heterocycles. The molecule has 1 aliphatic rings. The first-order chi connectivity index (χ1) is 9.22. The van der Waals surface area contributed by atoms with E-state index in [0.29, 0.717) is 21.4 Å². The summed E-state index contributed by atoms with van der Waals surface area (Å²) in [6.07, 6.45) is 4.90. The summed E-state index contributed by atoms with van der Waals surface area (Å²) in [4.78, 5) is 0. The Morgan fingerprint density at radius 2 is 1.80 bits per heavy atom. The van der Waals surface area contributed by atoms with Crippen molar-refractivity contribution in [3.63, 3.8) is 0 Å². The van der Waals surface area contributed by atoms with Crippen molar-refractivity contribution in [2.24, 2.45) is 11.3 Å². The lowest BCUT2D eigenvalue weighted by Crippen LogP contribution is -2.26. The van der Waals surface area contributed by atoms with Crippen LogP contribution in [0.2, 0.25) is 10.0 Å². The van der Waals surface area contributed by atoms with E-state index in [9.17, 15) is 5.11 Å². The molecule has 0 spiro atoms. The van der Waals surface area contributed by atoms with Crippen LogP contribution in [0, 0.1) is 11.3 Å². The minimum absolute atomic E-state index is 0.308. The second-order valence-corrected chi connectivity index (χ2v) is 7.97. The van der Waals surface area contributed by atoms with E-state index in [1.54, 1.807) is 6.07 Å². The number of benzene rings is 1. The molecule has 1 saturated carbocycles. The van der Waals surface area contributed by atoms with Gasteiger partial charge in [0.1, 0.15) is 0 Å². The predicted molar refractivity (Wildman–Crippen MR) is 86.4 cm³/mol. The van der Waals surface area contributed by atoms with E-state index in [-0.39, 0.29) is 0 Å². The molecule has 1 aromatic rings. The number of aliphatic hydroxyl groups is 1. The van der Waals surface area contributed by atoms with Gasteiger partial charge < -0.3 is 5.11 Å². The highest BCUT2D eigenvalue weighted by atomic mass is 35.5. The van der Waals surface area contributed by atoms with E-state index in [0.717, 1.165) is 31.2 Å². The molecular formula is C17H24Cl2O. The van der Waals surface area contributed by atoms with Gasteiger partial charge in [-0.3, -0.25) is 0 Å². The van der Waals surface area contributed by atoms with E-state index in [2.05, 4.69) is 20.8 Å². The van der Waals surface area contributed by atoms with Gasteiger partial charge in [0.2, 0.25) is 0 Å². The van der Waals surface area contributed by atoms with Gasteiger partial charge in [-0.05, 0) is 61.1 Å². The fourth-order valence-corrected chi connectivity index (χ4v) is 3.56. The van der Waals surface area contributed by atoms with Gasteiger partial charge in [-0.25, -0.2) is 0 Å². The Labute approximate surface area is 132 Å². The molecule has 2 atom stereocenters. The summed E-state index contributed by atoms with van der Waals surface area (Å²) >= 11 is 12.1. The second-order valence-electron chi connectivity index (χ2n) is 7.15. The van der Waals surface area contributed by atoms with E-state index in [1.165, 1.54) is 6.42 Å². The zero-order valence-corrected chi connectivity index (χ0v) is 14.1. The summed E-state index contributed by atoms with van der Waals surface area (Å²) in [7, 11) is 0. The molecule has 0 amide bonds. The second kappa shape index (κ2) is 5.87. The minimum atomic E-state index is -0.756. The lowest BCUT2D eigenvalue weighted by Gasteiger charge is -2.31. The topological polar surface area (TPSA) is 20.2 Å². The van der Waals surface area contributed by atoms with Crippen molar-refractivity contribution in [2.45, 2.75) is 58.5 Å². The van der Waals surface area contributed by atoms with Crippen molar-refractivity contribution >= 4 is 23.2 Å². The highest BCUT2D eigenvalue weighted by Gasteiger charge is 2.36. The Balaban J connectivity index is 2.20. The van der Waals surface area contributed by atoms with E-state index in [1.807, 2.05) is 12.1 Å². The van der Waals surface area contributed by atoms with Crippen LogP contribution in [0.3, 0.4) is 0 Å². The highest BCUT2D eigenvalue weighted by Crippen LogP contribution is 2.44. The molecule has 0 bridgehead atoms. The van der Waals surface area contributed by atoms with E-state index >= 15 is 0 Å². The van der Waals surface area contributed by atoms with Gasteiger partial charge in [0.15, 0.2) is 0 Å². The monoisotopic (exact) mass is 314 g/mol. The Morgan fingerprint density at radius 3 is 2.40 bits per heavy atom. The number of halogens is 2. The first-order valence-electron chi connectivity index (χ1n) is 7.40. The largest absolute Gasteiger partial charge is 0.385 e. The Kier molecular flexibility index (Phi) is 4.73. The molecule has 2 rings (SSSR count). The van der Waals surface area contributed by atoms with Crippen molar-refractivity contribution in [3.05, 3.63) is 33.8 Å². The molecule has 112 valence electrons. The molecule has 0 saturated heterocycles. The molecule has 1 aliphatic carbocycles. The van der Waals surface area contributed by atoms with Crippen molar-refractivity contribution in [1.82, 2.24) is 0 Å². The van der Waals surface area contributed by atoms with Crippen molar-refractivity contribution in [1.29, 1.82) is 0 Å². The van der Waals surface area contributed by atoms with Gasteiger partial charge in [0.05, 0.1) is 15.6 Å². The molecular weight excluding hydrogens is 291 g/mol. The Hall–Kier alpha value is -0.240. The van der Waals surface area contributed by atoms with Crippen LogP contribution in [0.25, 0.3) is 0 Å². The standard InChI is InChI=1S/C17H24Cl2O/c1-16(2,3)12-5-4-9-17(20,10-8-12)13-6-7-14(18)15(19)11-13/h6-7,11-12,20H,4-5,8-10H2,1-3H3. The molecule has 2 unspecified atom stereocenters. The zero-order chi connectivity index (χ0) is 15.0. The first-order valence-corrected chi connectivity index (χ1v) is 8.16. The summed E-state index contributed by atoms with van der Waals surface area (Å²) in [6, 6.07) is 5.51. The van der Waals surface area contributed by atoms with Crippen LogP contribution in [0.1, 0.15) is 58.4 Å². The summed E-state index contributed by atoms with van der Waals surface area (Å²) < 4.78 is 0. The smallest absolute Gasteiger partial charge is 0.0897 e. The number of hydrogen-bond acceptors (Lipinski definition) is 1. The van der Waals surface area contributed by atoms with Crippen LogP contribution < -0.4 is 0 Å². The zero-order valence-electron chi connectivity index (χ0n) is 12.5. The summed E-state index contributed by atoms with van der Waals surface area (Å²) in [5, 5.41) is 12.1. The van der Waals surface area contributed by atoms with E-state index < -0.39 is 5.60 Å². The highest BCUT2D eigenvalue weighted by molar-refractivity contribution is 6.42. The third-order valence-corrected chi connectivity index (χ3v) is 5.47. The first kappa shape index (κ1) is 16.1. The van der Waals surface area contributed by atoms with Crippen molar-refractivity contribution in [3.8, 4) is 0 Å². The van der Waals surface area contributed by atoms with Crippen LogP contribution in [0.5, 0.6) is 0 Å². The summed E-state index contributed by atoms with van der Waals surface area (Å²) in [5.41, 5.74) is 0.457. The number of rotatable bonds is 1. The Bertz CT molecular complexity index is 478. The van der Waals surface area contributed by atoms with Gasteiger partial charge in [-0.1, -0.05) is 50.0 Å². The predicted octanol–water partition coefficient (Wildman–Crippen LogP) is 5.81. The van der Waals surface area contributed by atoms with Gasteiger partial charge in [-0.15, -0.1) is 0 Å². The van der Waals surface area contributed by atoms with Crippen LogP contribution in [-0.2, 0) is 5.60 Å². The number of hydrogen-bond donors (Lipinski definition) is 1. The van der Waals surface area contributed by atoms with Gasteiger partial charge in [-0.2, -0.15) is 0 Å². The van der Waals surface area contributed by atoms with Crippen LogP contribution in [0.15, 0.2) is 18.2 Å². The quantitative estimate of drug-likeness (QED) is 0.649. The average molecular weight is 315 g/mol. The fourth-order valence-electron chi connectivity index (χ4n) is 3.26. The van der Waals surface area contributed by atoms with E-state index in [4.69, 9.17) is 23.2 Å². The SMILES string of the molecule is CC(C)(C)C1CCCC(O)(c2ccc(Cl)c(Cl)c2)CC1. The molecule has 1 N–H and O–H groups in total. The Morgan fingerprint density at radius 1 is 1.10 bits per heavy atom. The molecule has 0 aliphatic heterocycles. The van der Waals surface area contributed by atoms with Crippen molar-refractivity contribution in [2.75, 3.05) is 0 Å².